The van der Waals surface area contributed by atoms with Crippen molar-refractivity contribution in [2.45, 2.75) is 38.6 Å². The fourth-order valence-corrected chi connectivity index (χ4v) is 3.68. The van der Waals surface area contributed by atoms with Crippen molar-refractivity contribution >= 4 is 23.4 Å². The largest absolute Gasteiger partial charge is 0.480 e. The van der Waals surface area contributed by atoms with E-state index in [0.29, 0.717) is 17.5 Å². The summed E-state index contributed by atoms with van der Waals surface area (Å²) in [5, 5.41) is 11.7. The summed E-state index contributed by atoms with van der Waals surface area (Å²) in [5.74, 6) is -1.04. The van der Waals surface area contributed by atoms with Gasteiger partial charge in [0.25, 0.3) is 0 Å². The van der Waals surface area contributed by atoms with Crippen LogP contribution >= 0.6 is 11.8 Å². The molecule has 3 rings (SSSR count). The van der Waals surface area contributed by atoms with Crippen LogP contribution in [0.25, 0.3) is 0 Å². The van der Waals surface area contributed by atoms with E-state index < -0.39 is 17.7 Å². The number of amides is 1. The third-order valence-electron chi connectivity index (χ3n) is 4.26. The third-order valence-corrected chi connectivity index (χ3v) is 5.22. The molecule has 3 aromatic rings. The molecule has 30 heavy (non-hydrogen) atoms. The first-order chi connectivity index (χ1) is 14.4. The Morgan fingerprint density at radius 2 is 2.03 bits per heavy atom. The second-order valence-corrected chi connectivity index (χ2v) is 7.57. The average molecular weight is 432 g/mol. The van der Waals surface area contributed by atoms with Crippen LogP contribution in [0, 0.1) is 18.6 Å². The first kappa shape index (κ1) is 21.8. The zero-order valence-corrected chi connectivity index (χ0v) is 17.7. The van der Waals surface area contributed by atoms with Crippen LogP contribution in [-0.2, 0) is 11.3 Å². The molecule has 0 spiro atoms. The summed E-state index contributed by atoms with van der Waals surface area (Å²) in [6.45, 7) is 6.12. The number of nitrogens with one attached hydrogen (secondary N) is 1. The first-order valence-corrected chi connectivity index (χ1v) is 10.4. The van der Waals surface area contributed by atoms with Crippen molar-refractivity contribution in [3.8, 4) is 5.75 Å². The van der Waals surface area contributed by atoms with Gasteiger partial charge in [-0.25, -0.2) is 8.78 Å². The van der Waals surface area contributed by atoms with Crippen LogP contribution in [0.2, 0.25) is 0 Å². The van der Waals surface area contributed by atoms with E-state index >= 15 is 0 Å². The highest BCUT2D eigenvalue weighted by atomic mass is 32.2. The summed E-state index contributed by atoms with van der Waals surface area (Å²) < 4.78 is 34.4. The minimum Gasteiger partial charge on any atom is -0.480 e. The lowest BCUT2D eigenvalue weighted by Crippen LogP contribution is -2.15. The number of rotatable bonds is 8. The van der Waals surface area contributed by atoms with E-state index in [1.165, 1.54) is 17.8 Å². The predicted molar refractivity (Wildman–Crippen MR) is 112 cm³/mol. The van der Waals surface area contributed by atoms with E-state index in [1.807, 2.05) is 38.1 Å². The van der Waals surface area contributed by atoms with Crippen LogP contribution in [0.3, 0.4) is 0 Å². The van der Waals surface area contributed by atoms with Crippen molar-refractivity contribution in [3.05, 3.63) is 65.5 Å². The first-order valence-electron chi connectivity index (χ1n) is 9.41. The number of hydrogen-bond donors (Lipinski definition) is 1. The minimum atomic E-state index is -0.785. The molecular formula is C21H22F2N4O2S. The molecule has 0 saturated carbocycles. The van der Waals surface area contributed by atoms with Crippen LogP contribution in [0.1, 0.15) is 31.3 Å². The van der Waals surface area contributed by atoms with Gasteiger partial charge in [0.05, 0.1) is 5.75 Å². The van der Waals surface area contributed by atoms with Gasteiger partial charge >= 0.3 is 0 Å². The van der Waals surface area contributed by atoms with E-state index in [9.17, 15) is 13.6 Å². The van der Waals surface area contributed by atoms with Gasteiger partial charge in [-0.15, -0.1) is 10.2 Å². The average Bonchev–Trinajstić information content (AvgIpc) is 3.11. The molecule has 0 aliphatic carbocycles. The number of anilines is 1. The van der Waals surface area contributed by atoms with Gasteiger partial charge in [-0.05, 0) is 50.6 Å². The van der Waals surface area contributed by atoms with Gasteiger partial charge in [0.15, 0.2) is 28.7 Å². The molecule has 0 radical (unpaired) electrons. The van der Waals surface area contributed by atoms with E-state index in [0.717, 1.165) is 23.4 Å². The summed E-state index contributed by atoms with van der Waals surface area (Å²) >= 11 is 1.25. The van der Waals surface area contributed by atoms with Gasteiger partial charge in [0.2, 0.25) is 5.91 Å². The number of thioether (sulfide) groups is 1. The lowest BCUT2D eigenvalue weighted by molar-refractivity contribution is -0.113. The molecule has 1 N–H and O–H groups in total. The maximum atomic E-state index is 13.9. The van der Waals surface area contributed by atoms with Gasteiger partial charge in [-0.1, -0.05) is 23.9 Å². The van der Waals surface area contributed by atoms with Gasteiger partial charge < -0.3 is 14.6 Å². The maximum Gasteiger partial charge on any atom is 0.234 e. The Kier molecular flexibility index (Phi) is 7.04. The molecule has 1 atom stereocenters. The summed E-state index contributed by atoms with van der Waals surface area (Å²) in [7, 11) is 0. The Bertz CT molecular complexity index is 1040. The third kappa shape index (κ3) is 5.35. The van der Waals surface area contributed by atoms with Gasteiger partial charge in [0.1, 0.15) is 5.82 Å². The van der Waals surface area contributed by atoms with E-state index in [2.05, 4.69) is 15.5 Å². The number of nitrogens with zero attached hydrogens (tertiary/aromatic N) is 3. The molecule has 0 saturated heterocycles. The maximum absolute atomic E-state index is 13.9. The number of aromatic nitrogens is 3. The number of benzene rings is 2. The molecule has 0 aliphatic heterocycles. The Labute approximate surface area is 177 Å². The second-order valence-electron chi connectivity index (χ2n) is 6.63. The van der Waals surface area contributed by atoms with Crippen LogP contribution in [0.5, 0.6) is 5.75 Å². The van der Waals surface area contributed by atoms with Crippen molar-refractivity contribution in [1.29, 1.82) is 0 Å². The number of aryl methyl sites for hydroxylation is 1. The monoisotopic (exact) mass is 432 g/mol. The molecule has 2 aromatic carbocycles. The summed E-state index contributed by atoms with van der Waals surface area (Å²) in [4.78, 5) is 12.3. The Balaban J connectivity index is 1.65. The number of carbonyl (C=O) groups is 1. The number of ether oxygens (including phenoxy) is 1. The highest BCUT2D eigenvalue weighted by Crippen LogP contribution is 2.26. The fourth-order valence-electron chi connectivity index (χ4n) is 2.87. The normalized spacial score (nSPS) is 11.9. The summed E-state index contributed by atoms with van der Waals surface area (Å²) in [5.41, 5.74) is 1.80. The Morgan fingerprint density at radius 1 is 1.23 bits per heavy atom. The van der Waals surface area contributed by atoms with Gasteiger partial charge in [-0.3, -0.25) is 4.79 Å². The lowest BCUT2D eigenvalue weighted by atomic mass is 10.2. The molecule has 0 aliphatic rings. The van der Waals surface area contributed by atoms with Crippen LogP contribution < -0.4 is 10.1 Å². The molecule has 1 aromatic heterocycles. The summed E-state index contributed by atoms with van der Waals surface area (Å²) in [6.07, 6.45) is -0.618. The highest BCUT2D eigenvalue weighted by Gasteiger charge is 2.20. The number of hydrogen-bond acceptors (Lipinski definition) is 5. The molecular weight excluding hydrogens is 410 g/mol. The molecule has 0 fully saturated rings. The molecule has 9 heteroatoms. The van der Waals surface area contributed by atoms with Crippen molar-refractivity contribution < 1.29 is 18.3 Å². The quantitative estimate of drug-likeness (QED) is 0.520. The topological polar surface area (TPSA) is 69.0 Å². The molecule has 6 nitrogen and oxygen atoms in total. The van der Waals surface area contributed by atoms with Crippen LogP contribution in [0.4, 0.5) is 14.5 Å². The van der Waals surface area contributed by atoms with Crippen molar-refractivity contribution in [2.24, 2.45) is 0 Å². The smallest absolute Gasteiger partial charge is 0.234 e. The van der Waals surface area contributed by atoms with E-state index in [1.54, 1.807) is 11.5 Å². The SMILES string of the molecule is CCn1c(SCC(=O)Nc2cccc(C)c2)nnc1C(C)Oc1ccc(F)cc1F. The molecule has 1 unspecified atom stereocenters. The minimum absolute atomic E-state index is 0.0683. The van der Waals surface area contributed by atoms with Gasteiger partial charge in [-0.2, -0.15) is 0 Å². The standard InChI is InChI=1S/C21H22F2N4O2S/c1-4-27-20(14(3)29-18-9-8-15(22)11-17(18)23)25-26-21(27)30-12-19(28)24-16-7-5-6-13(2)10-16/h5-11,14H,4,12H2,1-3H3,(H,24,28). The molecule has 1 amide bonds. The molecule has 1 heterocycles. The second kappa shape index (κ2) is 9.71. The van der Waals surface area contributed by atoms with Crippen molar-refractivity contribution in [1.82, 2.24) is 14.8 Å². The van der Waals surface area contributed by atoms with Crippen molar-refractivity contribution in [2.75, 3.05) is 11.1 Å². The summed E-state index contributed by atoms with van der Waals surface area (Å²) in [6, 6.07) is 10.7. The zero-order valence-electron chi connectivity index (χ0n) is 16.9. The number of carbonyl (C=O) groups excluding carboxylic acids is 1. The van der Waals surface area contributed by atoms with Gasteiger partial charge in [0, 0.05) is 18.3 Å². The Morgan fingerprint density at radius 3 is 2.73 bits per heavy atom. The van der Waals surface area contributed by atoms with Crippen molar-refractivity contribution in [3.63, 3.8) is 0 Å². The zero-order chi connectivity index (χ0) is 21.7. The molecule has 0 bridgehead atoms. The van der Waals surface area contributed by atoms with E-state index in [-0.39, 0.29) is 17.4 Å². The lowest BCUT2D eigenvalue weighted by Gasteiger charge is -2.16. The fraction of sp³-hybridized carbons (Fsp3) is 0.286. The highest BCUT2D eigenvalue weighted by molar-refractivity contribution is 7.99. The van der Waals surface area contributed by atoms with Crippen LogP contribution in [-0.4, -0.2) is 26.4 Å². The predicted octanol–water partition coefficient (Wildman–Crippen LogP) is 4.76. The molecule has 158 valence electrons. The number of halogens is 2. The van der Waals surface area contributed by atoms with E-state index in [4.69, 9.17) is 4.74 Å². The Hall–Kier alpha value is -2.94. The van der Waals surface area contributed by atoms with Crippen LogP contribution in [0.15, 0.2) is 47.6 Å².